The molecule has 0 aromatic heterocycles. The Bertz CT molecular complexity index is 864. The highest BCUT2D eigenvalue weighted by Gasteiger charge is 2.27. The minimum absolute atomic E-state index is 0.0482. The first kappa shape index (κ1) is 22.6. The second-order valence-electron chi connectivity index (χ2n) is 8.02. The number of carbonyl (C=O) groups is 2. The van der Waals surface area contributed by atoms with Crippen molar-refractivity contribution in [1.29, 1.82) is 0 Å². The van der Waals surface area contributed by atoms with E-state index in [4.69, 9.17) is 0 Å². The lowest BCUT2D eigenvalue weighted by atomic mass is 10.0. The molecule has 29 heavy (non-hydrogen) atoms. The average molecular weight is 399 g/mol. The molecular formula is C24H31FN2O2. The highest BCUT2D eigenvalue weighted by Crippen LogP contribution is 2.16. The van der Waals surface area contributed by atoms with Crippen molar-refractivity contribution < 1.29 is 14.0 Å². The Kier molecular flexibility index (Phi) is 7.94. The Morgan fingerprint density at radius 3 is 2.34 bits per heavy atom. The molecule has 1 N–H and O–H groups in total. The summed E-state index contributed by atoms with van der Waals surface area (Å²) in [7, 11) is 0. The number of rotatable bonds is 8. The lowest BCUT2D eigenvalue weighted by molar-refractivity contribution is -0.140. The lowest BCUT2D eigenvalue weighted by Crippen LogP contribution is -2.48. The van der Waals surface area contributed by atoms with Crippen LogP contribution in [0.5, 0.6) is 0 Å². The molecule has 0 bridgehead atoms. The summed E-state index contributed by atoms with van der Waals surface area (Å²) in [4.78, 5) is 27.2. The van der Waals surface area contributed by atoms with E-state index in [1.165, 1.54) is 11.0 Å². The highest BCUT2D eigenvalue weighted by atomic mass is 19.1. The third-order valence-electron chi connectivity index (χ3n) is 5.08. The summed E-state index contributed by atoms with van der Waals surface area (Å²) in [5.41, 5.74) is 3.54. The zero-order chi connectivity index (χ0) is 21.6. The van der Waals surface area contributed by atoms with Crippen LogP contribution in [-0.4, -0.2) is 29.3 Å². The van der Waals surface area contributed by atoms with Gasteiger partial charge < -0.3 is 10.2 Å². The summed E-state index contributed by atoms with van der Waals surface area (Å²) >= 11 is 0. The number of carbonyl (C=O) groups excluding carboxylic acids is 2. The largest absolute Gasteiger partial charge is 0.354 e. The molecule has 0 aliphatic heterocycles. The molecule has 2 amide bonds. The second kappa shape index (κ2) is 10.2. The normalized spacial score (nSPS) is 12.0. The molecule has 2 aromatic rings. The van der Waals surface area contributed by atoms with Gasteiger partial charge in [0.15, 0.2) is 0 Å². The molecule has 4 nitrogen and oxygen atoms in total. The monoisotopic (exact) mass is 398 g/mol. The maximum absolute atomic E-state index is 14.2. The molecule has 2 aromatic carbocycles. The van der Waals surface area contributed by atoms with Gasteiger partial charge in [0, 0.05) is 18.7 Å². The van der Waals surface area contributed by atoms with Gasteiger partial charge >= 0.3 is 0 Å². The molecule has 0 aliphatic rings. The van der Waals surface area contributed by atoms with Crippen molar-refractivity contribution in [2.24, 2.45) is 5.92 Å². The third kappa shape index (κ3) is 6.41. The van der Waals surface area contributed by atoms with Crippen molar-refractivity contribution in [2.75, 3.05) is 6.54 Å². The number of aryl methyl sites for hydroxylation is 2. The third-order valence-corrected chi connectivity index (χ3v) is 5.08. The Hall–Kier alpha value is -2.69. The van der Waals surface area contributed by atoms with E-state index < -0.39 is 6.04 Å². The van der Waals surface area contributed by atoms with Crippen molar-refractivity contribution >= 4 is 11.8 Å². The summed E-state index contributed by atoms with van der Waals surface area (Å²) in [5.74, 6) is -0.518. The summed E-state index contributed by atoms with van der Waals surface area (Å²) < 4.78 is 14.2. The van der Waals surface area contributed by atoms with E-state index >= 15 is 0 Å². The maximum Gasteiger partial charge on any atom is 0.242 e. The van der Waals surface area contributed by atoms with Crippen molar-refractivity contribution in [3.8, 4) is 0 Å². The molecule has 0 spiro atoms. The molecular weight excluding hydrogens is 367 g/mol. The molecule has 0 radical (unpaired) electrons. The van der Waals surface area contributed by atoms with E-state index in [0.29, 0.717) is 18.0 Å². The fourth-order valence-corrected chi connectivity index (χ4v) is 3.03. The molecule has 0 heterocycles. The first-order chi connectivity index (χ1) is 13.7. The molecule has 0 aliphatic carbocycles. The molecule has 5 heteroatoms. The van der Waals surface area contributed by atoms with Crippen molar-refractivity contribution in [3.63, 3.8) is 0 Å². The molecule has 156 valence electrons. The quantitative estimate of drug-likeness (QED) is 0.725. The first-order valence-electron chi connectivity index (χ1n) is 10.1. The number of nitrogens with zero attached hydrogens (tertiary/aromatic N) is 1. The van der Waals surface area contributed by atoms with Crippen LogP contribution in [0.1, 0.15) is 43.0 Å². The van der Waals surface area contributed by atoms with Crippen molar-refractivity contribution in [2.45, 2.75) is 53.6 Å². The smallest absolute Gasteiger partial charge is 0.242 e. The zero-order valence-corrected chi connectivity index (χ0v) is 18.0. The highest BCUT2D eigenvalue weighted by molar-refractivity contribution is 5.88. The van der Waals surface area contributed by atoms with Crippen LogP contribution >= 0.6 is 0 Å². The fourth-order valence-electron chi connectivity index (χ4n) is 3.03. The SMILES string of the molecule is Cc1ccc(CC(=O)N(Cc2ccccc2F)C(C)C(=O)NCC(C)C)cc1C. The van der Waals surface area contributed by atoms with Crippen LogP contribution in [0.15, 0.2) is 42.5 Å². The van der Waals surface area contributed by atoms with Gasteiger partial charge in [0.1, 0.15) is 11.9 Å². The van der Waals surface area contributed by atoms with Gasteiger partial charge in [-0.1, -0.05) is 50.2 Å². The van der Waals surface area contributed by atoms with E-state index in [1.54, 1.807) is 25.1 Å². The number of nitrogens with one attached hydrogen (secondary N) is 1. The lowest BCUT2D eigenvalue weighted by Gasteiger charge is -2.29. The minimum Gasteiger partial charge on any atom is -0.354 e. The Morgan fingerprint density at radius 1 is 1.03 bits per heavy atom. The summed E-state index contributed by atoms with van der Waals surface area (Å²) in [5, 5.41) is 2.87. The van der Waals surface area contributed by atoms with Crippen LogP contribution in [0.4, 0.5) is 4.39 Å². The number of benzene rings is 2. The van der Waals surface area contributed by atoms with Crippen LogP contribution in [0.2, 0.25) is 0 Å². The van der Waals surface area contributed by atoms with Gasteiger partial charge in [-0.25, -0.2) is 4.39 Å². The van der Waals surface area contributed by atoms with Gasteiger partial charge in [0.25, 0.3) is 0 Å². The number of hydrogen-bond acceptors (Lipinski definition) is 2. The second-order valence-corrected chi connectivity index (χ2v) is 8.02. The Balaban J connectivity index is 2.24. The maximum atomic E-state index is 14.2. The summed E-state index contributed by atoms with van der Waals surface area (Å²) in [6, 6.07) is 11.5. The molecule has 0 saturated carbocycles. The minimum atomic E-state index is -0.701. The molecule has 0 fully saturated rings. The average Bonchev–Trinajstić information content (AvgIpc) is 2.67. The number of hydrogen-bond donors (Lipinski definition) is 1. The van der Waals surface area contributed by atoms with Gasteiger partial charge in [-0.05, 0) is 49.4 Å². The predicted molar refractivity (Wildman–Crippen MR) is 114 cm³/mol. The Labute approximate surface area is 173 Å². The summed E-state index contributed by atoms with van der Waals surface area (Å²) in [6.45, 7) is 10.3. The topological polar surface area (TPSA) is 49.4 Å². The zero-order valence-electron chi connectivity index (χ0n) is 18.0. The van der Waals surface area contributed by atoms with E-state index in [2.05, 4.69) is 5.32 Å². The van der Waals surface area contributed by atoms with Gasteiger partial charge in [0.2, 0.25) is 11.8 Å². The van der Waals surface area contributed by atoms with E-state index in [-0.39, 0.29) is 30.6 Å². The van der Waals surface area contributed by atoms with Gasteiger partial charge in [-0.3, -0.25) is 9.59 Å². The van der Waals surface area contributed by atoms with Crippen molar-refractivity contribution in [1.82, 2.24) is 10.2 Å². The Morgan fingerprint density at radius 2 is 1.72 bits per heavy atom. The van der Waals surface area contributed by atoms with Crippen LogP contribution in [0.3, 0.4) is 0 Å². The van der Waals surface area contributed by atoms with Gasteiger partial charge in [-0.2, -0.15) is 0 Å². The number of amides is 2. The molecule has 1 atom stereocenters. The van der Waals surface area contributed by atoms with E-state index in [0.717, 1.165) is 16.7 Å². The first-order valence-corrected chi connectivity index (χ1v) is 10.1. The fraction of sp³-hybridized carbons (Fsp3) is 0.417. The number of halogens is 1. The van der Waals surface area contributed by atoms with Crippen molar-refractivity contribution in [3.05, 3.63) is 70.5 Å². The molecule has 2 rings (SSSR count). The van der Waals surface area contributed by atoms with Crippen LogP contribution in [0, 0.1) is 25.6 Å². The predicted octanol–water partition coefficient (Wildman–Crippen LogP) is 4.17. The van der Waals surface area contributed by atoms with Crippen LogP contribution in [0.25, 0.3) is 0 Å². The van der Waals surface area contributed by atoms with E-state index in [1.807, 2.05) is 45.9 Å². The molecule has 1 unspecified atom stereocenters. The standard InChI is InChI=1S/C24H31FN2O2/c1-16(2)14-26-24(29)19(5)27(15-21-8-6-7-9-22(21)25)23(28)13-20-11-10-17(3)18(4)12-20/h6-12,16,19H,13-15H2,1-5H3,(H,26,29). The van der Waals surface area contributed by atoms with Crippen LogP contribution in [-0.2, 0) is 22.6 Å². The van der Waals surface area contributed by atoms with E-state index in [9.17, 15) is 14.0 Å². The van der Waals surface area contributed by atoms with Gasteiger partial charge in [-0.15, -0.1) is 0 Å². The van der Waals surface area contributed by atoms with Crippen LogP contribution < -0.4 is 5.32 Å². The molecule has 0 saturated heterocycles. The van der Waals surface area contributed by atoms with Gasteiger partial charge in [0.05, 0.1) is 6.42 Å². The summed E-state index contributed by atoms with van der Waals surface area (Å²) in [6.07, 6.45) is 0.164.